The lowest BCUT2D eigenvalue weighted by Crippen LogP contribution is -2.07. The number of para-hydroxylation sites is 2. The molecule has 1 heterocycles. The second kappa shape index (κ2) is 8.87. The third-order valence-corrected chi connectivity index (χ3v) is 5.19. The zero-order valence-corrected chi connectivity index (χ0v) is 16.2. The van der Waals surface area contributed by atoms with Crippen LogP contribution >= 0.6 is 11.8 Å². The minimum atomic E-state index is -0.427. The first-order valence-electron chi connectivity index (χ1n) is 8.95. The van der Waals surface area contributed by atoms with Crippen LogP contribution in [0.5, 0.6) is 5.75 Å². The lowest BCUT2D eigenvalue weighted by molar-refractivity contribution is 0.278. The molecule has 1 aromatic heterocycles. The molecule has 146 valence electrons. The third kappa shape index (κ3) is 4.63. The average Bonchev–Trinajstić information content (AvgIpc) is 3.16. The van der Waals surface area contributed by atoms with Crippen molar-refractivity contribution >= 4 is 11.8 Å². The Morgan fingerprint density at radius 3 is 2.31 bits per heavy atom. The Bertz CT molecular complexity index is 1080. The van der Waals surface area contributed by atoms with Gasteiger partial charge in [-0.1, -0.05) is 54.2 Å². The van der Waals surface area contributed by atoms with Gasteiger partial charge in [-0.25, -0.2) is 8.78 Å². The van der Waals surface area contributed by atoms with E-state index >= 15 is 0 Å². The Morgan fingerprint density at radius 2 is 1.55 bits per heavy atom. The van der Waals surface area contributed by atoms with E-state index in [-0.39, 0.29) is 18.2 Å². The van der Waals surface area contributed by atoms with Crippen molar-refractivity contribution in [1.82, 2.24) is 14.8 Å². The molecule has 29 heavy (non-hydrogen) atoms. The summed E-state index contributed by atoms with van der Waals surface area (Å²) >= 11 is 1.48. The van der Waals surface area contributed by atoms with E-state index < -0.39 is 5.82 Å². The van der Waals surface area contributed by atoms with Crippen molar-refractivity contribution in [1.29, 1.82) is 0 Å². The number of benzene rings is 3. The van der Waals surface area contributed by atoms with Crippen molar-refractivity contribution in [3.63, 3.8) is 0 Å². The van der Waals surface area contributed by atoms with Gasteiger partial charge in [0, 0.05) is 11.4 Å². The zero-order valence-electron chi connectivity index (χ0n) is 15.3. The van der Waals surface area contributed by atoms with Gasteiger partial charge in [0.2, 0.25) is 0 Å². The molecule has 0 bridgehead atoms. The Kier molecular flexibility index (Phi) is 5.86. The smallest absolute Gasteiger partial charge is 0.196 e. The Morgan fingerprint density at radius 1 is 0.828 bits per heavy atom. The summed E-state index contributed by atoms with van der Waals surface area (Å²) in [5, 5.41) is 9.21. The molecule has 0 aliphatic carbocycles. The van der Waals surface area contributed by atoms with Crippen LogP contribution in [0.3, 0.4) is 0 Å². The van der Waals surface area contributed by atoms with Gasteiger partial charge >= 0.3 is 0 Å². The highest BCUT2D eigenvalue weighted by atomic mass is 32.2. The molecule has 0 aliphatic heterocycles. The van der Waals surface area contributed by atoms with Crippen LogP contribution in [-0.2, 0) is 12.4 Å². The fourth-order valence-electron chi connectivity index (χ4n) is 2.76. The predicted molar refractivity (Wildman–Crippen MR) is 108 cm³/mol. The van der Waals surface area contributed by atoms with Gasteiger partial charge in [-0.15, -0.1) is 10.2 Å². The second-order valence-corrected chi connectivity index (χ2v) is 7.15. The number of rotatable bonds is 7. The van der Waals surface area contributed by atoms with Crippen LogP contribution in [0.1, 0.15) is 11.4 Å². The van der Waals surface area contributed by atoms with Crippen LogP contribution in [0.4, 0.5) is 8.78 Å². The van der Waals surface area contributed by atoms with Crippen molar-refractivity contribution < 1.29 is 13.5 Å². The van der Waals surface area contributed by atoms with Crippen LogP contribution in [0.25, 0.3) is 5.69 Å². The van der Waals surface area contributed by atoms with Crippen LogP contribution in [0.15, 0.2) is 84.0 Å². The van der Waals surface area contributed by atoms with Crippen molar-refractivity contribution in [2.75, 3.05) is 0 Å². The Balaban J connectivity index is 1.58. The molecule has 0 N–H and O–H groups in total. The first-order chi connectivity index (χ1) is 14.2. The van der Waals surface area contributed by atoms with Gasteiger partial charge in [0.05, 0.1) is 0 Å². The number of hydrogen-bond acceptors (Lipinski definition) is 4. The van der Waals surface area contributed by atoms with Crippen LogP contribution in [0.2, 0.25) is 0 Å². The van der Waals surface area contributed by atoms with E-state index in [1.54, 1.807) is 30.3 Å². The van der Waals surface area contributed by atoms with Crippen LogP contribution in [-0.4, -0.2) is 14.8 Å². The van der Waals surface area contributed by atoms with Gasteiger partial charge in [0.25, 0.3) is 0 Å². The number of aromatic nitrogens is 3. The Hall–Kier alpha value is -3.19. The molecule has 0 radical (unpaired) electrons. The lowest BCUT2D eigenvalue weighted by Gasteiger charge is -2.11. The number of halogens is 2. The van der Waals surface area contributed by atoms with Crippen LogP contribution < -0.4 is 4.74 Å². The molecule has 0 saturated carbocycles. The molecule has 0 amide bonds. The van der Waals surface area contributed by atoms with Gasteiger partial charge in [-0.2, -0.15) is 0 Å². The molecule has 4 aromatic rings. The monoisotopic (exact) mass is 409 g/mol. The number of nitrogens with zero attached hydrogens (tertiary/aromatic N) is 3. The third-order valence-electron chi connectivity index (χ3n) is 4.19. The molecule has 4 rings (SSSR count). The van der Waals surface area contributed by atoms with Crippen molar-refractivity contribution in [3.05, 3.63) is 102 Å². The summed E-state index contributed by atoms with van der Waals surface area (Å²) in [6.45, 7) is 0.0694. The van der Waals surface area contributed by atoms with Gasteiger partial charge < -0.3 is 4.74 Å². The molecule has 0 unspecified atom stereocenters. The van der Waals surface area contributed by atoms with E-state index in [4.69, 9.17) is 4.74 Å². The lowest BCUT2D eigenvalue weighted by atomic mass is 10.2. The topological polar surface area (TPSA) is 39.9 Å². The van der Waals surface area contributed by atoms with Crippen molar-refractivity contribution in [3.8, 4) is 11.4 Å². The van der Waals surface area contributed by atoms with E-state index in [1.165, 1.54) is 30.0 Å². The molecule has 7 heteroatoms. The average molecular weight is 409 g/mol. The standard InChI is InChI=1S/C22H17F2N3OS/c23-17-12-10-16(11-13-17)15-29-22-26-25-21(27(22)18-6-2-1-3-7-18)14-28-20-9-5-4-8-19(20)24/h1-13H,14-15H2. The van der Waals surface area contributed by atoms with Gasteiger partial charge in [-0.05, 0) is 42.0 Å². The molecular formula is C22H17F2N3OS. The first kappa shape index (κ1) is 19.1. The van der Waals surface area contributed by atoms with Crippen molar-refractivity contribution in [2.24, 2.45) is 0 Å². The van der Waals surface area contributed by atoms with E-state index in [0.29, 0.717) is 16.7 Å². The molecule has 0 spiro atoms. The molecule has 0 fully saturated rings. The van der Waals surface area contributed by atoms with E-state index in [2.05, 4.69) is 10.2 Å². The van der Waals surface area contributed by atoms with Gasteiger partial charge in [0.15, 0.2) is 22.5 Å². The highest BCUT2D eigenvalue weighted by molar-refractivity contribution is 7.98. The minimum Gasteiger partial charge on any atom is -0.483 e. The molecule has 3 aromatic carbocycles. The van der Waals surface area contributed by atoms with Crippen LogP contribution in [0, 0.1) is 11.6 Å². The van der Waals surface area contributed by atoms with E-state index in [0.717, 1.165) is 11.3 Å². The number of thioether (sulfide) groups is 1. The maximum Gasteiger partial charge on any atom is 0.196 e. The summed E-state index contributed by atoms with van der Waals surface area (Å²) in [5.74, 6) is 0.638. The number of hydrogen-bond donors (Lipinski definition) is 0. The fourth-order valence-corrected chi connectivity index (χ4v) is 3.68. The Labute approximate surface area is 171 Å². The summed E-state index contributed by atoms with van der Waals surface area (Å²) in [4.78, 5) is 0. The summed E-state index contributed by atoms with van der Waals surface area (Å²) in [5.41, 5.74) is 1.86. The summed E-state index contributed by atoms with van der Waals surface area (Å²) in [6, 6.07) is 22.3. The van der Waals surface area contributed by atoms with E-state index in [9.17, 15) is 8.78 Å². The molecule has 0 atom stereocenters. The highest BCUT2D eigenvalue weighted by Gasteiger charge is 2.16. The summed E-state index contributed by atoms with van der Waals surface area (Å²) < 4.78 is 34.5. The molecule has 4 nitrogen and oxygen atoms in total. The van der Waals surface area contributed by atoms with Gasteiger partial charge in [0.1, 0.15) is 12.4 Å². The van der Waals surface area contributed by atoms with E-state index in [1.807, 2.05) is 34.9 Å². The highest BCUT2D eigenvalue weighted by Crippen LogP contribution is 2.26. The maximum absolute atomic E-state index is 13.9. The fraction of sp³-hybridized carbons (Fsp3) is 0.0909. The quantitative estimate of drug-likeness (QED) is 0.382. The first-order valence-corrected chi connectivity index (χ1v) is 9.93. The predicted octanol–water partition coefficient (Wildman–Crippen LogP) is 5.42. The van der Waals surface area contributed by atoms with Gasteiger partial charge in [-0.3, -0.25) is 4.57 Å². The zero-order chi connectivity index (χ0) is 20.1. The SMILES string of the molecule is Fc1ccc(CSc2nnc(COc3ccccc3F)n2-c2ccccc2)cc1. The molecule has 0 saturated heterocycles. The number of ether oxygens (including phenoxy) is 1. The maximum atomic E-state index is 13.9. The molecular weight excluding hydrogens is 392 g/mol. The normalized spacial score (nSPS) is 10.8. The second-order valence-electron chi connectivity index (χ2n) is 6.20. The largest absolute Gasteiger partial charge is 0.483 e. The summed E-state index contributed by atoms with van der Waals surface area (Å²) in [7, 11) is 0. The molecule has 0 aliphatic rings. The minimum absolute atomic E-state index is 0.0694. The van der Waals surface area contributed by atoms with Crippen molar-refractivity contribution in [2.45, 2.75) is 17.5 Å². The summed E-state index contributed by atoms with van der Waals surface area (Å²) in [6.07, 6.45) is 0.